The molecule has 1 aliphatic carbocycles. The number of hydrogen-bond donors (Lipinski definition) is 2. The maximum absolute atomic E-state index is 12.1. The van der Waals surface area contributed by atoms with Crippen LogP contribution in [0.1, 0.15) is 31.2 Å². The molecule has 3 N–H and O–H groups in total. The minimum Gasteiger partial charge on any atom is -0.497 e. The first-order chi connectivity index (χ1) is 10.2. The molecule has 0 saturated heterocycles. The minimum absolute atomic E-state index is 0.0737. The summed E-state index contributed by atoms with van der Waals surface area (Å²) in [4.78, 5) is 12.1. The summed E-state index contributed by atoms with van der Waals surface area (Å²) in [6.45, 7) is 1.49. The van der Waals surface area contributed by atoms with Crippen LogP contribution in [0, 0.1) is 11.8 Å². The van der Waals surface area contributed by atoms with Crippen LogP contribution in [0.4, 0.5) is 0 Å². The molecule has 0 spiro atoms. The summed E-state index contributed by atoms with van der Waals surface area (Å²) in [5, 5.41) is 3.07. The SMILES string of the molecule is COc1cccc(CC(=O)NCC2CCCCC2CN)c1. The summed E-state index contributed by atoms with van der Waals surface area (Å²) < 4.78 is 5.17. The average Bonchev–Trinajstić information content (AvgIpc) is 2.53. The lowest BCUT2D eigenvalue weighted by molar-refractivity contribution is -0.120. The van der Waals surface area contributed by atoms with Crippen molar-refractivity contribution in [3.63, 3.8) is 0 Å². The molecule has 1 saturated carbocycles. The van der Waals surface area contributed by atoms with Gasteiger partial charge in [0.05, 0.1) is 13.5 Å². The average molecular weight is 290 g/mol. The molecule has 0 aromatic heterocycles. The van der Waals surface area contributed by atoms with E-state index in [1.807, 2.05) is 24.3 Å². The highest BCUT2D eigenvalue weighted by molar-refractivity contribution is 5.78. The van der Waals surface area contributed by atoms with Crippen LogP contribution in [-0.2, 0) is 11.2 Å². The second kappa shape index (κ2) is 8.03. The van der Waals surface area contributed by atoms with Gasteiger partial charge in [0, 0.05) is 6.54 Å². The third-order valence-electron chi connectivity index (χ3n) is 4.43. The second-order valence-corrected chi connectivity index (χ2v) is 5.87. The molecule has 1 amide bonds. The fourth-order valence-electron chi connectivity index (χ4n) is 3.14. The molecule has 0 bridgehead atoms. The largest absolute Gasteiger partial charge is 0.497 e. The van der Waals surface area contributed by atoms with E-state index in [1.54, 1.807) is 7.11 Å². The summed E-state index contributed by atoms with van der Waals surface area (Å²) in [5.74, 6) is 1.97. The molecule has 1 aliphatic rings. The van der Waals surface area contributed by atoms with E-state index in [2.05, 4.69) is 5.32 Å². The van der Waals surface area contributed by atoms with E-state index < -0.39 is 0 Å². The molecular formula is C17H26N2O2. The van der Waals surface area contributed by atoms with Gasteiger partial charge in [-0.3, -0.25) is 4.79 Å². The number of hydrogen-bond acceptors (Lipinski definition) is 3. The van der Waals surface area contributed by atoms with Crippen molar-refractivity contribution in [2.75, 3.05) is 20.2 Å². The molecule has 21 heavy (non-hydrogen) atoms. The van der Waals surface area contributed by atoms with Crippen LogP contribution in [-0.4, -0.2) is 26.1 Å². The van der Waals surface area contributed by atoms with Gasteiger partial charge in [0.25, 0.3) is 0 Å². The van der Waals surface area contributed by atoms with Crippen molar-refractivity contribution in [3.8, 4) is 5.75 Å². The summed E-state index contributed by atoms with van der Waals surface area (Å²) in [7, 11) is 1.63. The number of amides is 1. The zero-order valence-corrected chi connectivity index (χ0v) is 12.8. The molecule has 4 nitrogen and oxygen atoms in total. The summed E-state index contributed by atoms with van der Waals surface area (Å²) in [6, 6.07) is 7.65. The van der Waals surface area contributed by atoms with Crippen LogP contribution in [0.3, 0.4) is 0 Å². The van der Waals surface area contributed by atoms with E-state index in [9.17, 15) is 4.79 Å². The Kier molecular flexibility index (Phi) is 6.05. The van der Waals surface area contributed by atoms with Crippen molar-refractivity contribution in [1.82, 2.24) is 5.32 Å². The normalized spacial score (nSPS) is 21.8. The lowest BCUT2D eigenvalue weighted by Gasteiger charge is -2.30. The Bertz CT molecular complexity index is 462. The van der Waals surface area contributed by atoms with Gasteiger partial charge in [0.1, 0.15) is 5.75 Å². The molecule has 2 atom stereocenters. The zero-order chi connectivity index (χ0) is 15.1. The molecule has 1 aromatic carbocycles. The number of carbonyl (C=O) groups excluding carboxylic acids is 1. The van der Waals surface area contributed by atoms with Crippen molar-refractivity contribution < 1.29 is 9.53 Å². The van der Waals surface area contributed by atoms with Crippen molar-refractivity contribution in [1.29, 1.82) is 0 Å². The first-order valence-electron chi connectivity index (χ1n) is 7.82. The number of nitrogens with one attached hydrogen (secondary N) is 1. The molecule has 2 unspecified atom stereocenters. The minimum atomic E-state index is 0.0737. The molecular weight excluding hydrogens is 264 g/mol. The summed E-state index contributed by atoms with van der Waals surface area (Å²) in [6.07, 6.45) is 5.31. The highest BCUT2D eigenvalue weighted by Gasteiger charge is 2.24. The number of rotatable bonds is 6. The highest BCUT2D eigenvalue weighted by atomic mass is 16.5. The van der Waals surface area contributed by atoms with Gasteiger partial charge >= 0.3 is 0 Å². The zero-order valence-electron chi connectivity index (χ0n) is 12.8. The van der Waals surface area contributed by atoms with Crippen LogP contribution < -0.4 is 15.8 Å². The molecule has 1 aromatic rings. The molecule has 116 valence electrons. The maximum atomic E-state index is 12.1. The Hall–Kier alpha value is -1.55. The maximum Gasteiger partial charge on any atom is 0.224 e. The smallest absolute Gasteiger partial charge is 0.224 e. The Balaban J connectivity index is 1.81. The van der Waals surface area contributed by atoms with Crippen molar-refractivity contribution in [2.24, 2.45) is 17.6 Å². The van der Waals surface area contributed by atoms with Gasteiger partial charge in [-0.15, -0.1) is 0 Å². The predicted octanol–water partition coefficient (Wildman–Crippen LogP) is 2.12. The molecule has 0 heterocycles. The number of nitrogens with two attached hydrogens (primary N) is 1. The topological polar surface area (TPSA) is 64.3 Å². The van der Waals surface area contributed by atoms with E-state index in [1.165, 1.54) is 25.7 Å². The van der Waals surface area contributed by atoms with Gasteiger partial charge in [-0.1, -0.05) is 25.0 Å². The lowest BCUT2D eigenvalue weighted by atomic mass is 9.79. The number of ether oxygens (including phenoxy) is 1. The van der Waals surface area contributed by atoms with Gasteiger partial charge in [-0.05, 0) is 48.9 Å². The van der Waals surface area contributed by atoms with Gasteiger partial charge in [0.2, 0.25) is 5.91 Å². The summed E-state index contributed by atoms with van der Waals surface area (Å²) in [5.41, 5.74) is 6.81. The van der Waals surface area contributed by atoms with Crippen molar-refractivity contribution in [2.45, 2.75) is 32.1 Å². The third-order valence-corrected chi connectivity index (χ3v) is 4.43. The fourth-order valence-corrected chi connectivity index (χ4v) is 3.14. The Morgan fingerprint density at radius 3 is 2.81 bits per heavy atom. The van der Waals surface area contributed by atoms with E-state index in [0.717, 1.165) is 24.4 Å². The lowest BCUT2D eigenvalue weighted by Crippen LogP contribution is -2.37. The van der Waals surface area contributed by atoms with Gasteiger partial charge in [0.15, 0.2) is 0 Å². The molecule has 0 radical (unpaired) electrons. The Labute approximate surface area is 127 Å². The molecule has 0 aliphatic heterocycles. The van der Waals surface area contributed by atoms with Crippen LogP contribution in [0.5, 0.6) is 5.75 Å². The molecule has 2 rings (SSSR count). The van der Waals surface area contributed by atoms with E-state index >= 15 is 0 Å². The number of benzene rings is 1. The van der Waals surface area contributed by atoms with E-state index in [-0.39, 0.29) is 5.91 Å². The fraction of sp³-hybridized carbons (Fsp3) is 0.588. The van der Waals surface area contributed by atoms with Crippen LogP contribution >= 0.6 is 0 Å². The first kappa shape index (κ1) is 15.8. The van der Waals surface area contributed by atoms with Crippen molar-refractivity contribution in [3.05, 3.63) is 29.8 Å². The van der Waals surface area contributed by atoms with Crippen LogP contribution in [0.15, 0.2) is 24.3 Å². The Morgan fingerprint density at radius 1 is 1.33 bits per heavy atom. The number of carbonyl (C=O) groups is 1. The monoisotopic (exact) mass is 290 g/mol. The molecule has 1 fully saturated rings. The van der Waals surface area contributed by atoms with Crippen LogP contribution in [0.25, 0.3) is 0 Å². The van der Waals surface area contributed by atoms with Crippen molar-refractivity contribution >= 4 is 5.91 Å². The Morgan fingerprint density at radius 2 is 2.10 bits per heavy atom. The third kappa shape index (κ3) is 4.74. The van der Waals surface area contributed by atoms with E-state index in [4.69, 9.17) is 10.5 Å². The quantitative estimate of drug-likeness (QED) is 0.843. The van der Waals surface area contributed by atoms with Gasteiger partial charge in [-0.2, -0.15) is 0 Å². The second-order valence-electron chi connectivity index (χ2n) is 5.87. The van der Waals surface area contributed by atoms with Gasteiger partial charge in [-0.25, -0.2) is 0 Å². The van der Waals surface area contributed by atoms with Gasteiger partial charge < -0.3 is 15.8 Å². The summed E-state index contributed by atoms with van der Waals surface area (Å²) >= 11 is 0. The van der Waals surface area contributed by atoms with Crippen LogP contribution in [0.2, 0.25) is 0 Å². The first-order valence-corrected chi connectivity index (χ1v) is 7.82. The standard InChI is InChI=1S/C17H26N2O2/c1-21-16-8-4-5-13(9-16)10-17(20)19-12-15-7-3-2-6-14(15)11-18/h4-5,8-9,14-15H,2-3,6-7,10-12,18H2,1H3,(H,19,20). The highest BCUT2D eigenvalue weighted by Crippen LogP contribution is 2.28. The predicted molar refractivity (Wildman–Crippen MR) is 84.2 cm³/mol. The number of methoxy groups -OCH3 is 1. The van der Waals surface area contributed by atoms with E-state index in [0.29, 0.717) is 18.3 Å². The molecule has 4 heteroatoms.